The van der Waals surface area contributed by atoms with E-state index >= 15 is 0 Å². The van der Waals surface area contributed by atoms with Gasteiger partial charge in [0.15, 0.2) is 17.3 Å². The molecule has 1 aliphatic heterocycles. The van der Waals surface area contributed by atoms with E-state index in [1.807, 2.05) is 6.07 Å². The summed E-state index contributed by atoms with van der Waals surface area (Å²) in [7, 11) is 0.516. The summed E-state index contributed by atoms with van der Waals surface area (Å²) in [6.45, 7) is 1.33. The van der Waals surface area contributed by atoms with Gasteiger partial charge in [-0.15, -0.1) is 0 Å². The van der Waals surface area contributed by atoms with E-state index in [2.05, 4.69) is 9.64 Å². The molecule has 0 saturated carbocycles. The van der Waals surface area contributed by atoms with Crippen LogP contribution in [0.1, 0.15) is 18.5 Å². The molecule has 1 aromatic heterocycles. The zero-order chi connectivity index (χ0) is 12.8. The molecule has 0 aromatic carbocycles. The number of ether oxygens (including phenoxy) is 2. The molecule has 1 N–H and O–H groups in total. The van der Waals surface area contributed by atoms with Crippen LogP contribution in [0.2, 0.25) is 0 Å². The minimum Gasteiger partial charge on any atom is -0.523 e. The Morgan fingerprint density at radius 3 is 2.89 bits per heavy atom. The van der Waals surface area contributed by atoms with E-state index in [1.165, 1.54) is 6.07 Å². The van der Waals surface area contributed by atoms with Crippen LogP contribution in [-0.2, 0) is 4.74 Å². The molecule has 0 bridgehead atoms. The Hall–Kier alpha value is -1.78. The lowest BCUT2D eigenvalue weighted by Crippen LogP contribution is -2.26. The molecule has 1 aliphatic rings. The molecule has 2 heterocycles. The number of hydrogen-bond acceptors (Lipinski definition) is 6. The van der Waals surface area contributed by atoms with Crippen molar-refractivity contribution in [3.8, 4) is 17.7 Å². The number of rotatable bonds is 4. The Bertz CT molecular complexity index is 443. The first kappa shape index (κ1) is 12.7. The second kappa shape index (κ2) is 6.24. The molecular weight excluding hydrogens is 235 g/mol. The van der Waals surface area contributed by atoms with Gasteiger partial charge in [0.25, 0.3) is 0 Å². The molecule has 0 aliphatic carbocycles. The summed E-state index contributed by atoms with van der Waals surface area (Å²) in [6.07, 6.45) is 1.64. The molecule has 0 unspecified atom stereocenters. The van der Waals surface area contributed by atoms with E-state index in [4.69, 9.17) is 19.8 Å². The predicted molar refractivity (Wildman–Crippen MR) is 62.0 cm³/mol. The summed E-state index contributed by atoms with van der Waals surface area (Å²) in [5.41, 5.74) is 0.140. The third kappa shape index (κ3) is 3.12. The molecule has 7 heteroatoms. The van der Waals surface area contributed by atoms with Crippen molar-refractivity contribution in [1.82, 2.24) is 4.98 Å². The molecule has 0 amide bonds. The minimum absolute atomic E-state index is 0.0452. The van der Waals surface area contributed by atoms with Crippen LogP contribution in [0.25, 0.3) is 0 Å². The number of nitrogens with zero attached hydrogens (tertiary/aromatic N) is 2. The summed E-state index contributed by atoms with van der Waals surface area (Å²) in [4.78, 5) is 3.92. The smallest absolute Gasteiger partial charge is 0.523 e. The maximum atomic E-state index is 9.00. The number of nitriles is 1. The fraction of sp³-hybridized carbons (Fsp3) is 0.455. The zero-order valence-electron chi connectivity index (χ0n) is 9.70. The lowest BCUT2D eigenvalue weighted by molar-refractivity contribution is 0.0252. The summed E-state index contributed by atoms with van der Waals surface area (Å²) < 4.78 is 15.6. The van der Waals surface area contributed by atoms with Crippen molar-refractivity contribution in [2.75, 3.05) is 13.2 Å². The first-order valence-electron chi connectivity index (χ1n) is 5.61. The topological polar surface area (TPSA) is 84.6 Å². The molecule has 0 spiro atoms. The van der Waals surface area contributed by atoms with Crippen molar-refractivity contribution < 1.29 is 19.2 Å². The molecule has 2 rings (SSSR count). The Morgan fingerprint density at radius 2 is 2.22 bits per heavy atom. The van der Waals surface area contributed by atoms with Gasteiger partial charge in [0.1, 0.15) is 12.2 Å². The number of hydrogen-bond donors (Lipinski definition) is 1. The highest BCUT2D eigenvalue weighted by atomic mass is 16.5. The molecule has 6 nitrogen and oxygen atoms in total. The maximum absolute atomic E-state index is 9.00. The Kier molecular flexibility index (Phi) is 4.39. The Labute approximate surface area is 105 Å². The van der Waals surface area contributed by atoms with Gasteiger partial charge in [-0.1, -0.05) is 0 Å². The van der Waals surface area contributed by atoms with E-state index in [9.17, 15) is 0 Å². The molecule has 1 fully saturated rings. The van der Waals surface area contributed by atoms with E-state index in [-0.39, 0.29) is 17.7 Å². The predicted octanol–water partition coefficient (Wildman–Crippen LogP) is 0.416. The van der Waals surface area contributed by atoms with E-state index < -0.39 is 0 Å². The lowest BCUT2D eigenvalue weighted by Gasteiger charge is -2.23. The summed E-state index contributed by atoms with van der Waals surface area (Å²) in [5.74, 6) is 0.572. The lowest BCUT2D eigenvalue weighted by atomic mass is 10.1. The van der Waals surface area contributed by atoms with Crippen LogP contribution in [0.5, 0.6) is 11.6 Å². The fourth-order valence-electron chi connectivity index (χ4n) is 1.70. The van der Waals surface area contributed by atoms with E-state index in [0.29, 0.717) is 26.6 Å². The molecule has 18 heavy (non-hydrogen) atoms. The minimum atomic E-state index is 0.0452. The third-order valence-electron chi connectivity index (χ3n) is 2.57. The van der Waals surface area contributed by atoms with Gasteiger partial charge < -0.3 is 19.2 Å². The molecule has 1 radical (unpaired) electrons. The quantitative estimate of drug-likeness (QED) is 0.776. The zero-order valence-corrected chi connectivity index (χ0v) is 9.70. The third-order valence-corrected chi connectivity index (χ3v) is 2.57. The normalized spacial score (nSPS) is 15.8. The Morgan fingerprint density at radius 1 is 1.44 bits per heavy atom. The van der Waals surface area contributed by atoms with E-state index in [0.717, 1.165) is 12.8 Å². The monoisotopic (exact) mass is 247 g/mol. The summed E-state index contributed by atoms with van der Waals surface area (Å²) >= 11 is 0. The van der Waals surface area contributed by atoms with Crippen molar-refractivity contribution in [1.29, 1.82) is 5.26 Å². The molecule has 93 valence electrons. The molecule has 1 saturated heterocycles. The average molecular weight is 247 g/mol. The van der Waals surface area contributed by atoms with Gasteiger partial charge in [-0.2, -0.15) is 5.26 Å². The van der Waals surface area contributed by atoms with Gasteiger partial charge in [-0.25, -0.2) is 4.98 Å². The van der Waals surface area contributed by atoms with Gasteiger partial charge >= 0.3 is 7.69 Å². The first-order valence-corrected chi connectivity index (χ1v) is 5.61. The largest absolute Gasteiger partial charge is 0.570 e. The van der Waals surface area contributed by atoms with Crippen molar-refractivity contribution in [2.45, 2.75) is 18.9 Å². The van der Waals surface area contributed by atoms with Gasteiger partial charge in [-0.05, 0) is 6.07 Å². The van der Waals surface area contributed by atoms with Crippen molar-refractivity contribution in [3.63, 3.8) is 0 Å². The molecule has 1 aromatic rings. The van der Waals surface area contributed by atoms with Crippen LogP contribution in [0.3, 0.4) is 0 Å². The van der Waals surface area contributed by atoms with Crippen LogP contribution in [0, 0.1) is 11.3 Å². The van der Waals surface area contributed by atoms with E-state index in [1.54, 1.807) is 6.07 Å². The first-order chi connectivity index (χ1) is 8.83. The number of aromatic nitrogens is 1. The van der Waals surface area contributed by atoms with Gasteiger partial charge in [0, 0.05) is 18.9 Å². The van der Waals surface area contributed by atoms with Gasteiger partial charge in [0.05, 0.1) is 13.2 Å². The van der Waals surface area contributed by atoms with Crippen molar-refractivity contribution in [2.24, 2.45) is 0 Å². The van der Waals surface area contributed by atoms with Gasteiger partial charge in [-0.3, -0.25) is 0 Å². The van der Waals surface area contributed by atoms with Crippen molar-refractivity contribution >= 4 is 7.69 Å². The fourth-order valence-corrected chi connectivity index (χ4v) is 1.70. The summed E-state index contributed by atoms with van der Waals surface area (Å²) in [5, 5.41) is 17.5. The highest BCUT2D eigenvalue weighted by Gasteiger charge is 2.17. The van der Waals surface area contributed by atoms with Crippen LogP contribution >= 0.6 is 0 Å². The highest BCUT2D eigenvalue weighted by molar-refractivity contribution is 6.17. The second-order valence-electron chi connectivity index (χ2n) is 3.76. The van der Waals surface area contributed by atoms with Crippen LogP contribution < -0.4 is 9.39 Å². The molecule has 0 atom stereocenters. The molecular formula is C11H12BN2O4. The van der Waals surface area contributed by atoms with Gasteiger partial charge in [0.2, 0.25) is 0 Å². The number of pyridine rings is 1. The maximum Gasteiger partial charge on any atom is 0.570 e. The second-order valence-corrected chi connectivity index (χ2v) is 3.76. The highest BCUT2D eigenvalue weighted by Crippen LogP contribution is 2.23. The van der Waals surface area contributed by atoms with Crippen LogP contribution in [0.15, 0.2) is 12.1 Å². The van der Waals surface area contributed by atoms with Crippen LogP contribution in [-0.4, -0.2) is 37.0 Å². The van der Waals surface area contributed by atoms with Crippen LogP contribution in [0.4, 0.5) is 0 Å². The standard InChI is InChI=1S/C11H12BN2O4/c13-7-9-10(1-2-11(14-9)18-12-15)17-8-3-5-16-6-4-8/h1-2,8,15H,3-6H2. The SMILES string of the molecule is N#Cc1nc(O[B]O)ccc1OC1CCOCC1. The average Bonchev–Trinajstić information content (AvgIpc) is 2.42. The van der Waals surface area contributed by atoms with Crippen molar-refractivity contribution in [3.05, 3.63) is 17.8 Å². The summed E-state index contributed by atoms with van der Waals surface area (Å²) in [6, 6.07) is 5.08. The Balaban J connectivity index is 2.09.